The van der Waals surface area contributed by atoms with Gasteiger partial charge >= 0.3 is 5.97 Å². The molecular formula is C17H33NO2. The van der Waals surface area contributed by atoms with Crippen LogP contribution in [-0.2, 0) is 9.53 Å². The summed E-state index contributed by atoms with van der Waals surface area (Å²) in [5.74, 6) is -0.0875. The van der Waals surface area contributed by atoms with Crippen molar-refractivity contribution in [3.63, 3.8) is 0 Å². The van der Waals surface area contributed by atoms with E-state index in [1.807, 2.05) is 6.92 Å². The first-order valence-corrected chi connectivity index (χ1v) is 8.12. The van der Waals surface area contributed by atoms with Crippen molar-refractivity contribution >= 4 is 5.97 Å². The first kappa shape index (κ1) is 17.5. The van der Waals surface area contributed by atoms with Gasteiger partial charge in [-0.25, -0.2) is 0 Å². The van der Waals surface area contributed by atoms with E-state index in [9.17, 15) is 4.79 Å². The Hall–Kier alpha value is -0.570. The van der Waals surface area contributed by atoms with Gasteiger partial charge in [-0.05, 0) is 43.4 Å². The van der Waals surface area contributed by atoms with Crippen LogP contribution in [0.2, 0.25) is 0 Å². The van der Waals surface area contributed by atoms with Gasteiger partial charge in [-0.3, -0.25) is 4.79 Å². The zero-order valence-electron chi connectivity index (χ0n) is 14.2. The Balaban J connectivity index is 2.69. The number of nitrogens with one attached hydrogen (secondary N) is 1. The van der Waals surface area contributed by atoms with Crippen LogP contribution in [0.1, 0.15) is 73.6 Å². The first-order chi connectivity index (χ1) is 9.19. The monoisotopic (exact) mass is 283 g/mol. The van der Waals surface area contributed by atoms with E-state index >= 15 is 0 Å². The van der Waals surface area contributed by atoms with Gasteiger partial charge in [0.2, 0.25) is 0 Å². The van der Waals surface area contributed by atoms with Crippen molar-refractivity contribution in [1.82, 2.24) is 5.32 Å². The van der Waals surface area contributed by atoms with E-state index in [1.54, 1.807) is 0 Å². The maximum absolute atomic E-state index is 12.0. The SMILES string of the molecule is CCCC(NC1CC(C)(C)CC(C)(C)C1)C(=O)OCC. The van der Waals surface area contributed by atoms with E-state index in [2.05, 4.69) is 39.9 Å². The molecule has 1 unspecified atom stereocenters. The maximum Gasteiger partial charge on any atom is 0.323 e. The largest absolute Gasteiger partial charge is 0.465 e. The van der Waals surface area contributed by atoms with Crippen molar-refractivity contribution in [3.8, 4) is 0 Å². The molecule has 3 nitrogen and oxygen atoms in total. The minimum absolute atomic E-state index is 0.0875. The van der Waals surface area contributed by atoms with Crippen molar-refractivity contribution in [2.45, 2.75) is 85.7 Å². The fourth-order valence-electron chi connectivity index (χ4n) is 4.05. The summed E-state index contributed by atoms with van der Waals surface area (Å²) in [6.45, 7) is 13.8. The minimum Gasteiger partial charge on any atom is -0.465 e. The maximum atomic E-state index is 12.0. The molecule has 1 rings (SSSR count). The van der Waals surface area contributed by atoms with Crippen LogP contribution >= 0.6 is 0 Å². The van der Waals surface area contributed by atoms with Gasteiger partial charge in [0.1, 0.15) is 6.04 Å². The van der Waals surface area contributed by atoms with Crippen LogP contribution in [0.4, 0.5) is 0 Å². The molecule has 118 valence electrons. The molecule has 1 aliphatic carbocycles. The lowest BCUT2D eigenvalue weighted by atomic mass is 9.63. The Morgan fingerprint density at radius 3 is 2.20 bits per heavy atom. The Labute approximate surface area is 124 Å². The molecule has 3 heteroatoms. The molecule has 0 aromatic carbocycles. The Bertz CT molecular complexity index is 307. The lowest BCUT2D eigenvalue weighted by Gasteiger charge is -2.46. The summed E-state index contributed by atoms with van der Waals surface area (Å²) in [4.78, 5) is 12.0. The van der Waals surface area contributed by atoms with E-state index in [1.165, 1.54) is 6.42 Å². The van der Waals surface area contributed by atoms with Gasteiger partial charge < -0.3 is 10.1 Å². The van der Waals surface area contributed by atoms with Crippen molar-refractivity contribution in [2.75, 3.05) is 6.61 Å². The predicted molar refractivity (Wildman–Crippen MR) is 83.7 cm³/mol. The quantitative estimate of drug-likeness (QED) is 0.751. The molecule has 1 saturated carbocycles. The Morgan fingerprint density at radius 1 is 1.20 bits per heavy atom. The highest BCUT2D eigenvalue weighted by molar-refractivity contribution is 5.75. The smallest absolute Gasteiger partial charge is 0.323 e. The normalized spacial score (nSPS) is 23.3. The van der Waals surface area contributed by atoms with Crippen LogP contribution in [0.5, 0.6) is 0 Å². The molecular weight excluding hydrogens is 250 g/mol. The molecule has 1 atom stereocenters. The van der Waals surface area contributed by atoms with E-state index in [0.717, 1.165) is 25.7 Å². The van der Waals surface area contributed by atoms with Gasteiger partial charge in [0.25, 0.3) is 0 Å². The third-order valence-electron chi connectivity index (χ3n) is 4.14. The molecule has 0 aromatic rings. The average molecular weight is 283 g/mol. The molecule has 0 spiro atoms. The van der Waals surface area contributed by atoms with Crippen LogP contribution in [0.3, 0.4) is 0 Å². The molecule has 0 aliphatic heterocycles. The standard InChI is InChI=1S/C17H33NO2/c1-7-9-14(15(19)20-8-2)18-13-10-16(3,4)12-17(5,6)11-13/h13-14,18H,7-12H2,1-6H3. The summed E-state index contributed by atoms with van der Waals surface area (Å²) in [6.07, 6.45) is 5.37. The molecule has 0 heterocycles. The van der Waals surface area contributed by atoms with Crippen LogP contribution in [0.15, 0.2) is 0 Å². The lowest BCUT2D eigenvalue weighted by molar-refractivity contribution is -0.146. The summed E-state index contributed by atoms with van der Waals surface area (Å²) in [5.41, 5.74) is 0.676. The first-order valence-electron chi connectivity index (χ1n) is 8.12. The molecule has 0 bridgehead atoms. The Kier molecular flexibility index (Phi) is 6.06. The molecule has 0 amide bonds. The molecule has 0 saturated heterocycles. The highest BCUT2D eigenvalue weighted by atomic mass is 16.5. The van der Waals surface area contributed by atoms with E-state index in [-0.39, 0.29) is 12.0 Å². The number of carbonyl (C=O) groups excluding carboxylic acids is 1. The van der Waals surface area contributed by atoms with Crippen molar-refractivity contribution in [1.29, 1.82) is 0 Å². The summed E-state index contributed by atoms with van der Waals surface area (Å²) in [5, 5.41) is 3.58. The zero-order valence-corrected chi connectivity index (χ0v) is 14.2. The van der Waals surface area contributed by atoms with Crippen LogP contribution in [0.25, 0.3) is 0 Å². The second-order valence-corrected chi connectivity index (χ2v) is 7.87. The molecule has 20 heavy (non-hydrogen) atoms. The van der Waals surface area contributed by atoms with Gasteiger partial charge in [-0.15, -0.1) is 0 Å². The number of rotatable bonds is 6. The third-order valence-corrected chi connectivity index (χ3v) is 4.14. The van der Waals surface area contributed by atoms with Crippen molar-refractivity contribution in [3.05, 3.63) is 0 Å². The van der Waals surface area contributed by atoms with Crippen LogP contribution in [0, 0.1) is 10.8 Å². The second kappa shape index (κ2) is 6.93. The topological polar surface area (TPSA) is 38.3 Å². The van der Waals surface area contributed by atoms with Crippen LogP contribution in [-0.4, -0.2) is 24.7 Å². The molecule has 1 fully saturated rings. The number of ether oxygens (including phenoxy) is 1. The summed E-state index contributed by atoms with van der Waals surface area (Å²) in [7, 11) is 0. The average Bonchev–Trinajstić information content (AvgIpc) is 2.24. The minimum atomic E-state index is -0.144. The molecule has 1 N–H and O–H groups in total. The number of esters is 1. The highest BCUT2D eigenvalue weighted by Crippen LogP contribution is 2.45. The third kappa shape index (κ3) is 5.43. The summed E-state index contributed by atoms with van der Waals surface area (Å²) < 4.78 is 5.20. The van der Waals surface area contributed by atoms with E-state index < -0.39 is 0 Å². The molecule has 0 radical (unpaired) electrons. The van der Waals surface area contributed by atoms with Gasteiger partial charge in [0.05, 0.1) is 6.61 Å². The van der Waals surface area contributed by atoms with Crippen molar-refractivity contribution < 1.29 is 9.53 Å². The molecule has 0 aromatic heterocycles. The number of hydrogen-bond donors (Lipinski definition) is 1. The Morgan fingerprint density at radius 2 is 1.75 bits per heavy atom. The van der Waals surface area contributed by atoms with Gasteiger partial charge in [-0.1, -0.05) is 41.0 Å². The van der Waals surface area contributed by atoms with Crippen LogP contribution < -0.4 is 5.32 Å². The van der Waals surface area contributed by atoms with Gasteiger partial charge in [0, 0.05) is 6.04 Å². The second-order valence-electron chi connectivity index (χ2n) is 7.87. The number of carbonyl (C=O) groups is 1. The number of hydrogen-bond acceptors (Lipinski definition) is 3. The van der Waals surface area contributed by atoms with Gasteiger partial charge in [-0.2, -0.15) is 0 Å². The fraction of sp³-hybridized carbons (Fsp3) is 0.941. The summed E-state index contributed by atoms with van der Waals surface area (Å²) >= 11 is 0. The van der Waals surface area contributed by atoms with E-state index in [0.29, 0.717) is 23.5 Å². The highest BCUT2D eigenvalue weighted by Gasteiger charge is 2.39. The van der Waals surface area contributed by atoms with Gasteiger partial charge in [0.15, 0.2) is 0 Å². The molecule has 1 aliphatic rings. The van der Waals surface area contributed by atoms with E-state index in [4.69, 9.17) is 4.74 Å². The summed E-state index contributed by atoms with van der Waals surface area (Å²) in [6, 6.07) is 0.268. The lowest BCUT2D eigenvalue weighted by Crippen LogP contribution is -2.50. The zero-order chi connectivity index (χ0) is 15.4. The fourth-order valence-corrected chi connectivity index (χ4v) is 4.05. The predicted octanol–water partition coefficient (Wildman–Crippen LogP) is 3.91. The van der Waals surface area contributed by atoms with Crippen molar-refractivity contribution in [2.24, 2.45) is 10.8 Å².